The zero-order chi connectivity index (χ0) is 22.1. The number of carbonyl (C=O) groups excluding carboxylic acids is 2. The summed E-state index contributed by atoms with van der Waals surface area (Å²) in [5, 5.41) is 2.99. The number of hydrogen-bond donors (Lipinski definition) is 1. The Morgan fingerprint density at radius 2 is 1.58 bits per heavy atom. The second-order valence-electron chi connectivity index (χ2n) is 8.14. The van der Waals surface area contributed by atoms with Crippen LogP contribution >= 0.6 is 0 Å². The summed E-state index contributed by atoms with van der Waals surface area (Å²) in [4.78, 5) is 24.0. The first kappa shape index (κ1) is 22.7. The van der Waals surface area contributed by atoms with Gasteiger partial charge in [0.25, 0.3) is 5.91 Å². The van der Waals surface area contributed by atoms with E-state index in [9.17, 15) is 9.59 Å². The fourth-order valence-electron chi connectivity index (χ4n) is 3.74. The molecule has 0 radical (unpaired) electrons. The van der Waals surface area contributed by atoms with Crippen LogP contribution in [0.3, 0.4) is 0 Å². The summed E-state index contributed by atoms with van der Waals surface area (Å²) in [6.07, 6.45) is 3.28. The third-order valence-corrected chi connectivity index (χ3v) is 5.85. The molecule has 2 aromatic rings. The molecule has 1 saturated carbocycles. The van der Waals surface area contributed by atoms with Crippen molar-refractivity contribution in [1.29, 1.82) is 0 Å². The Bertz CT molecular complexity index is 837. The quantitative estimate of drug-likeness (QED) is 0.612. The zero-order valence-corrected chi connectivity index (χ0v) is 18.2. The van der Waals surface area contributed by atoms with Crippen molar-refractivity contribution < 1.29 is 23.8 Å². The second kappa shape index (κ2) is 11.4. The van der Waals surface area contributed by atoms with Gasteiger partial charge in [0.05, 0.1) is 0 Å². The molecule has 0 saturated heterocycles. The van der Waals surface area contributed by atoms with Crippen LogP contribution in [0, 0.1) is 11.8 Å². The number of ether oxygens (including phenoxy) is 3. The van der Waals surface area contributed by atoms with Crippen molar-refractivity contribution >= 4 is 11.9 Å². The van der Waals surface area contributed by atoms with E-state index >= 15 is 0 Å². The molecule has 0 aliphatic heterocycles. The van der Waals surface area contributed by atoms with Crippen LogP contribution < -0.4 is 14.8 Å². The minimum atomic E-state index is -0.579. The van der Waals surface area contributed by atoms with Crippen LogP contribution in [0.2, 0.25) is 0 Å². The number of rotatable bonds is 9. The Morgan fingerprint density at radius 3 is 2.29 bits per heavy atom. The van der Waals surface area contributed by atoms with Crippen molar-refractivity contribution in [2.24, 2.45) is 11.8 Å². The van der Waals surface area contributed by atoms with Crippen molar-refractivity contribution in [3.63, 3.8) is 0 Å². The predicted octanol–water partition coefficient (Wildman–Crippen LogP) is 4.13. The molecule has 6 nitrogen and oxygen atoms in total. The summed E-state index contributed by atoms with van der Waals surface area (Å²) in [5.41, 5.74) is 1.09. The van der Waals surface area contributed by atoms with Crippen LogP contribution in [-0.2, 0) is 20.9 Å². The molecule has 1 aliphatic rings. The lowest BCUT2D eigenvalue weighted by molar-refractivity contribution is -0.150. The van der Waals surface area contributed by atoms with Gasteiger partial charge >= 0.3 is 5.97 Å². The third kappa shape index (κ3) is 7.31. The average Bonchev–Trinajstić information content (AvgIpc) is 2.79. The number of benzene rings is 2. The Morgan fingerprint density at radius 1 is 0.903 bits per heavy atom. The summed E-state index contributed by atoms with van der Waals surface area (Å²) in [5.74, 6) is 1.41. The standard InChI is InChI=1S/C25H31NO5/c1-18-7-6-10-23(19(18)2)26-24(27)16-31-25(28)17-30-22-13-11-21(12-14-22)29-15-20-8-4-3-5-9-20/h3-5,8-9,11-14,18-19,23H,6-7,10,15-17H2,1-2H3,(H,26,27)/t18-,19+,23-/m0/s1. The number of carbonyl (C=O) groups is 2. The molecule has 0 unspecified atom stereocenters. The summed E-state index contributed by atoms with van der Waals surface area (Å²) in [7, 11) is 0. The maximum absolute atomic E-state index is 12.1. The summed E-state index contributed by atoms with van der Waals surface area (Å²) in [6, 6.07) is 17.1. The number of esters is 1. The molecule has 1 fully saturated rings. The van der Waals surface area contributed by atoms with Crippen molar-refractivity contribution in [2.75, 3.05) is 13.2 Å². The topological polar surface area (TPSA) is 73.9 Å². The van der Waals surface area contributed by atoms with Gasteiger partial charge in [-0.05, 0) is 48.1 Å². The van der Waals surface area contributed by atoms with Crippen LogP contribution in [-0.4, -0.2) is 31.1 Å². The first-order chi connectivity index (χ1) is 15.0. The number of amides is 1. The minimum absolute atomic E-state index is 0.147. The molecule has 6 heteroatoms. The van der Waals surface area contributed by atoms with Crippen LogP contribution in [0.1, 0.15) is 38.7 Å². The highest BCUT2D eigenvalue weighted by atomic mass is 16.6. The molecule has 1 amide bonds. The lowest BCUT2D eigenvalue weighted by atomic mass is 9.78. The van der Waals surface area contributed by atoms with E-state index in [1.54, 1.807) is 24.3 Å². The number of nitrogens with one attached hydrogen (secondary N) is 1. The molecule has 1 aliphatic carbocycles. The molecule has 0 spiro atoms. The molecule has 31 heavy (non-hydrogen) atoms. The van der Waals surface area contributed by atoms with Gasteiger partial charge in [0.15, 0.2) is 13.2 Å². The summed E-state index contributed by atoms with van der Waals surface area (Å²) >= 11 is 0. The summed E-state index contributed by atoms with van der Waals surface area (Å²) in [6.45, 7) is 4.31. The van der Waals surface area contributed by atoms with E-state index in [0.29, 0.717) is 29.9 Å². The lowest BCUT2D eigenvalue weighted by Crippen LogP contribution is -2.45. The van der Waals surface area contributed by atoms with Crippen molar-refractivity contribution in [2.45, 2.75) is 45.8 Å². The highest BCUT2D eigenvalue weighted by molar-refractivity contribution is 5.81. The normalized spacial score (nSPS) is 20.5. The van der Waals surface area contributed by atoms with E-state index in [2.05, 4.69) is 19.2 Å². The van der Waals surface area contributed by atoms with Gasteiger partial charge in [0.1, 0.15) is 18.1 Å². The van der Waals surface area contributed by atoms with Crippen molar-refractivity contribution in [3.8, 4) is 11.5 Å². The van der Waals surface area contributed by atoms with Gasteiger partial charge in [-0.2, -0.15) is 0 Å². The van der Waals surface area contributed by atoms with E-state index < -0.39 is 5.97 Å². The third-order valence-electron chi connectivity index (χ3n) is 5.85. The Labute approximate surface area is 183 Å². The van der Waals surface area contributed by atoms with Crippen LogP contribution in [0.4, 0.5) is 0 Å². The highest BCUT2D eigenvalue weighted by Gasteiger charge is 2.28. The first-order valence-electron chi connectivity index (χ1n) is 10.9. The molecule has 166 valence electrons. The fourth-order valence-corrected chi connectivity index (χ4v) is 3.74. The molecule has 1 N–H and O–H groups in total. The molecule has 0 bridgehead atoms. The number of hydrogen-bond acceptors (Lipinski definition) is 5. The lowest BCUT2D eigenvalue weighted by Gasteiger charge is -2.34. The Balaban J connectivity index is 1.34. The van der Waals surface area contributed by atoms with Crippen LogP contribution in [0.25, 0.3) is 0 Å². The maximum atomic E-state index is 12.1. The van der Waals surface area contributed by atoms with Gasteiger partial charge in [-0.3, -0.25) is 4.79 Å². The van der Waals surface area contributed by atoms with E-state index in [4.69, 9.17) is 14.2 Å². The Hall–Kier alpha value is -3.02. The van der Waals surface area contributed by atoms with Gasteiger partial charge < -0.3 is 19.5 Å². The monoisotopic (exact) mass is 425 g/mol. The highest BCUT2D eigenvalue weighted by Crippen LogP contribution is 2.29. The van der Waals surface area contributed by atoms with Gasteiger partial charge in [0, 0.05) is 6.04 Å². The van der Waals surface area contributed by atoms with Gasteiger partial charge in [-0.1, -0.05) is 57.0 Å². The van der Waals surface area contributed by atoms with E-state index in [0.717, 1.165) is 18.4 Å². The summed E-state index contributed by atoms with van der Waals surface area (Å²) < 4.78 is 16.2. The van der Waals surface area contributed by atoms with Crippen LogP contribution in [0.15, 0.2) is 54.6 Å². The zero-order valence-electron chi connectivity index (χ0n) is 18.2. The predicted molar refractivity (Wildman–Crippen MR) is 118 cm³/mol. The minimum Gasteiger partial charge on any atom is -0.489 e. The molecule has 0 heterocycles. The molecule has 2 aromatic carbocycles. The fraction of sp³-hybridized carbons (Fsp3) is 0.440. The molecule has 3 rings (SSSR count). The second-order valence-corrected chi connectivity index (χ2v) is 8.14. The Kier molecular flexibility index (Phi) is 8.33. The smallest absolute Gasteiger partial charge is 0.344 e. The van der Waals surface area contributed by atoms with E-state index in [1.165, 1.54) is 6.42 Å². The molecule has 0 aromatic heterocycles. The van der Waals surface area contributed by atoms with Gasteiger partial charge in [-0.25, -0.2) is 4.79 Å². The average molecular weight is 426 g/mol. The molecule has 3 atom stereocenters. The van der Waals surface area contributed by atoms with Gasteiger partial charge in [0.2, 0.25) is 0 Å². The molecular formula is C25H31NO5. The van der Waals surface area contributed by atoms with Crippen molar-refractivity contribution in [3.05, 3.63) is 60.2 Å². The maximum Gasteiger partial charge on any atom is 0.344 e. The SMILES string of the molecule is C[C@H]1[C@@H](NC(=O)COC(=O)COc2ccc(OCc3ccccc3)cc2)CCC[C@@H]1C. The van der Waals surface area contributed by atoms with E-state index in [-0.39, 0.29) is 25.2 Å². The molecular weight excluding hydrogens is 394 g/mol. The van der Waals surface area contributed by atoms with Crippen molar-refractivity contribution in [1.82, 2.24) is 5.32 Å². The van der Waals surface area contributed by atoms with E-state index in [1.807, 2.05) is 30.3 Å². The van der Waals surface area contributed by atoms with Gasteiger partial charge in [-0.15, -0.1) is 0 Å². The largest absolute Gasteiger partial charge is 0.489 e. The van der Waals surface area contributed by atoms with Crippen LogP contribution in [0.5, 0.6) is 11.5 Å². The first-order valence-corrected chi connectivity index (χ1v) is 10.9.